The van der Waals surface area contributed by atoms with Crippen molar-refractivity contribution in [2.45, 2.75) is 330 Å². The van der Waals surface area contributed by atoms with Crippen LogP contribution in [0.4, 0.5) is 0 Å². The third-order valence-corrected chi connectivity index (χ3v) is 15.5. The van der Waals surface area contributed by atoms with E-state index in [0.717, 1.165) is 69.9 Å². The standard InChI is InChI=1S/C61H118N2O2/c1-7-12-17-24-35-47-61(65)63(55-38-54-62-52-36-37-53-62)59(44-32-26-21-20-25-29-39-56(6)48-49-57(40-15-10-4)42-30-18-13-8-2)45-33-27-22-23-28-34-46-60(64)51-50-58(41-16-11-5)43-31-19-14-9-3/h57-59H,6-55H2,1-5H3. The molecule has 0 N–H and O–H groups in total. The third-order valence-electron chi connectivity index (χ3n) is 15.5. The first kappa shape index (κ1) is 61.9. The number of rotatable bonds is 51. The van der Waals surface area contributed by atoms with Crippen LogP contribution in [0.5, 0.6) is 0 Å². The molecular weight excluding hydrogens is 793 g/mol. The molecule has 1 rings (SSSR count). The van der Waals surface area contributed by atoms with E-state index in [1.807, 2.05) is 0 Å². The molecule has 0 aromatic rings. The molecule has 1 fully saturated rings. The number of likely N-dealkylation sites (tertiary alicyclic amines) is 1. The van der Waals surface area contributed by atoms with E-state index in [1.165, 1.54) is 263 Å². The van der Waals surface area contributed by atoms with Crippen LogP contribution < -0.4 is 0 Å². The molecule has 0 spiro atoms. The summed E-state index contributed by atoms with van der Waals surface area (Å²) in [6, 6.07) is 0.401. The highest BCUT2D eigenvalue weighted by molar-refractivity contribution is 5.78. The van der Waals surface area contributed by atoms with Crippen molar-refractivity contribution in [3.05, 3.63) is 12.2 Å². The fraction of sp³-hybridized carbons (Fsp3) is 0.934. The number of nitrogens with zero attached hydrogens (tertiary/aromatic N) is 2. The summed E-state index contributed by atoms with van der Waals surface area (Å²) in [5.41, 5.74) is 1.50. The minimum Gasteiger partial charge on any atom is -0.340 e. The number of allylic oxidation sites excluding steroid dienone is 1. The molecule has 65 heavy (non-hydrogen) atoms. The van der Waals surface area contributed by atoms with Crippen molar-refractivity contribution in [1.29, 1.82) is 0 Å². The quantitative estimate of drug-likeness (QED) is 0.0451. The van der Waals surface area contributed by atoms with Gasteiger partial charge in [0.05, 0.1) is 0 Å². The fourth-order valence-corrected chi connectivity index (χ4v) is 10.9. The van der Waals surface area contributed by atoms with Crippen LogP contribution in [0.1, 0.15) is 324 Å². The van der Waals surface area contributed by atoms with Gasteiger partial charge in [-0.15, -0.1) is 0 Å². The Balaban J connectivity index is 2.60. The molecule has 0 radical (unpaired) electrons. The molecule has 0 aliphatic carbocycles. The minimum absolute atomic E-state index is 0.401. The Hall–Kier alpha value is -1.16. The second-order valence-corrected chi connectivity index (χ2v) is 21.7. The highest BCUT2D eigenvalue weighted by Crippen LogP contribution is 2.27. The van der Waals surface area contributed by atoms with Gasteiger partial charge in [-0.2, -0.15) is 0 Å². The number of hydrogen-bond acceptors (Lipinski definition) is 3. The molecule has 4 heteroatoms. The average Bonchev–Trinajstić information content (AvgIpc) is 3.84. The van der Waals surface area contributed by atoms with Gasteiger partial charge in [-0.25, -0.2) is 0 Å². The first-order valence-corrected chi connectivity index (χ1v) is 30.1. The van der Waals surface area contributed by atoms with Crippen LogP contribution in [0.25, 0.3) is 0 Å². The molecule has 0 saturated carbocycles. The summed E-state index contributed by atoms with van der Waals surface area (Å²) in [6.45, 7) is 20.6. The fourth-order valence-electron chi connectivity index (χ4n) is 10.9. The molecular formula is C61H118N2O2. The Morgan fingerprint density at radius 2 is 0.815 bits per heavy atom. The van der Waals surface area contributed by atoms with Crippen LogP contribution in [0.3, 0.4) is 0 Å². The van der Waals surface area contributed by atoms with Crippen molar-refractivity contribution in [2.24, 2.45) is 11.8 Å². The van der Waals surface area contributed by atoms with E-state index in [9.17, 15) is 9.59 Å². The monoisotopic (exact) mass is 911 g/mol. The number of carbonyl (C=O) groups is 2. The number of hydrogen-bond donors (Lipinski definition) is 0. The summed E-state index contributed by atoms with van der Waals surface area (Å²) >= 11 is 0. The molecule has 0 aromatic heterocycles. The van der Waals surface area contributed by atoms with Crippen LogP contribution in [-0.2, 0) is 9.59 Å². The van der Waals surface area contributed by atoms with Gasteiger partial charge < -0.3 is 9.80 Å². The van der Waals surface area contributed by atoms with Crippen LogP contribution in [0.2, 0.25) is 0 Å². The van der Waals surface area contributed by atoms with Crippen molar-refractivity contribution in [3.8, 4) is 0 Å². The van der Waals surface area contributed by atoms with E-state index in [2.05, 4.69) is 51.0 Å². The maximum Gasteiger partial charge on any atom is 0.222 e. The Bertz CT molecular complexity index is 994. The molecule has 1 aliphatic heterocycles. The summed E-state index contributed by atoms with van der Waals surface area (Å²) in [6.07, 6.45) is 56.4. The zero-order valence-electron chi connectivity index (χ0n) is 45.3. The molecule has 1 amide bonds. The Morgan fingerprint density at radius 1 is 0.415 bits per heavy atom. The van der Waals surface area contributed by atoms with Crippen LogP contribution in [0, 0.1) is 11.8 Å². The van der Waals surface area contributed by atoms with E-state index in [0.29, 0.717) is 17.7 Å². The predicted octanol–water partition coefficient (Wildman–Crippen LogP) is 19.5. The SMILES string of the molecule is C=C(CCCCCCCCC(CCCCCCCCC(=O)CCC(CCCC)CCCCCC)N(CCCN1CCCC1)C(=O)CCCCCCC)CCC(CCCC)CCCCCC. The molecule has 1 heterocycles. The highest BCUT2D eigenvalue weighted by atomic mass is 16.2. The summed E-state index contributed by atoms with van der Waals surface area (Å²) in [5, 5.41) is 0. The van der Waals surface area contributed by atoms with E-state index in [1.54, 1.807) is 0 Å². The molecule has 0 aromatic carbocycles. The molecule has 0 bridgehead atoms. The van der Waals surface area contributed by atoms with Crippen LogP contribution >= 0.6 is 0 Å². The van der Waals surface area contributed by atoms with E-state index in [-0.39, 0.29) is 0 Å². The largest absolute Gasteiger partial charge is 0.340 e. The molecule has 4 nitrogen and oxygen atoms in total. The summed E-state index contributed by atoms with van der Waals surface area (Å²) < 4.78 is 0. The topological polar surface area (TPSA) is 40.6 Å². The lowest BCUT2D eigenvalue weighted by atomic mass is 9.89. The maximum absolute atomic E-state index is 14.0. The van der Waals surface area contributed by atoms with Crippen molar-refractivity contribution in [3.63, 3.8) is 0 Å². The van der Waals surface area contributed by atoms with Gasteiger partial charge in [0, 0.05) is 31.8 Å². The second-order valence-electron chi connectivity index (χ2n) is 21.7. The van der Waals surface area contributed by atoms with Gasteiger partial charge >= 0.3 is 0 Å². The van der Waals surface area contributed by atoms with Crippen molar-refractivity contribution in [1.82, 2.24) is 9.80 Å². The summed E-state index contributed by atoms with van der Waals surface area (Å²) in [7, 11) is 0. The lowest BCUT2D eigenvalue weighted by Gasteiger charge is -2.33. The van der Waals surface area contributed by atoms with Crippen molar-refractivity contribution >= 4 is 11.7 Å². The lowest BCUT2D eigenvalue weighted by Crippen LogP contribution is -2.42. The zero-order chi connectivity index (χ0) is 47.3. The molecule has 3 unspecified atom stereocenters. The normalized spacial score (nSPS) is 14.5. The third kappa shape index (κ3) is 37.4. The van der Waals surface area contributed by atoms with Gasteiger partial charge in [0.1, 0.15) is 5.78 Å². The molecule has 3 atom stereocenters. The lowest BCUT2D eigenvalue weighted by molar-refractivity contribution is -0.134. The van der Waals surface area contributed by atoms with Gasteiger partial charge in [-0.05, 0) is 109 Å². The van der Waals surface area contributed by atoms with Crippen molar-refractivity contribution < 1.29 is 9.59 Å². The van der Waals surface area contributed by atoms with Crippen molar-refractivity contribution in [2.75, 3.05) is 26.2 Å². The summed E-state index contributed by atoms with van der Waals surface area (Å²) in [5.74, 6) is 2.63. The maximum atomic E-state index is 14.0. The Morgan fingerprint density at radius 3 is 1.34 bits per heavy atom. The second kappa shape index (κ2) is 46.6. The smallest absolute Gasteiger partial charge is 0.222 e. The number of amides is 1. The molecule has 1 aliphatic rings. The van der Waals surface area contributed by atoms with Gasteiger partial charge in [0.25, 0.3) is 0 Å². The van der Waals surface area contributed by atoms with Gasteiger partial charge in [-0.1, -0.05) is 239 Å². The average molecular weight is 912 g/mol. The zero-order valence-corrected chi connectivity index (χ0v) is 45.3. The Kier molecular flexibility index (Phi) is 44.3. The minimum atomic E-state index is 0.401. The van der Waals surface area contributed by atoms with Gasteiger partial charge in [0.15, 0.2) is 0 Å². The number of carbonyl (C=O) groups excluding carboxylic acids is 2. The van der Waals surface area contributed by atoms with Crippen LogP contribution in [0.15, 0.2) is 12.2 Å². The van der Waals surface area contributed by atoms with Crippen LogP contribution in [-0.4, -0.2) is 53.7 Å². The first-order chi connectivity index (χ1) is 31.9. The number of unbranched alkanes of at least 4 members (excludes halogenated alkanes) is 22. The van der Waals surface area contributed by atoms with Gasteiger partial charge in [0.2, 0.25) is 5.91 Å². The van der Waals surface area contributed by atoms with E-state index >= 15 is 0 Å². The number of Topliss-reactive ketones (excluding diaryl/α,β-unsaturated/α-hetero) is 1. The molecule has 1 saturated heterocycles. The van der Waals surface area contributed by atoms with E-state index in [4.69, 9.17) is 0 Å². The van der Waals surface area contributed by atoms with Gasteiger partial charge in [-0.3, -0.25) is 9.59 Å². The predicted molar refractivity (Wildman–Crippen MR) is 289 cm³/mol. The van der Waals surface area contributed by atoms with E-state index < -0.39 is 0 Å². The highest BCUT2D eigenvalue weighted by Gasteiger charge is 2.24. The number of ketones is 1. The summed E-state index contributed by atoms with van der Waals surface area (Å²) in [4.78, 5) is 31.9. The Labute approximate surface area is 409 Å². The molecule has 384 valence electrons. The first-order valence-electron chi connectivity index (χ1n) is 30.1.